The maximum atomic E-state index is 11.4. The van der Waals surface area contributed by atoms with Crippen LogP contribution in [0.2, 0.25) is 0 Å². The SMILES string of the molecule is CC(C)S(=O)(=O)NCCCCC1CCCO1. The molecule has 0 aromatic carbocycles. The number of hydrogen-bond acceptors (Lipinski definition) is 3. The number of unbranched alkanes of at least 4 members (excludes halogenated alkanes) is 1. The van der Waals surface area contributed by atoms with Gasteiger partial charge in [-0.1, -0.05) is 0 Å². The van der Waals surface area contributed by atoms with E-state index in [0.717, 1.165) is 32.3 Å². The van der Waals surface area contributed by atoms with E-state index in [4.69, 9.17) is 4.74 Å². The minimum Gasteiger partial charge on any atom is -0.378 e. The van der Waals surface area contributed by atoms with Gasteiger partial charge in [-0.05, 0) is 46.0 Å². The molecule has 0 radical (unpaired) electrons. The van der Waals surface area contributed by atoms with Crippen molar-refractivity contribution < 1.29 is 13.2 Å². The Morgan fingerprint density at radius 3 is 2.69 bits per heavy atom. The van der Waals surface area contributed by atoms with Crippen LogP contribution in [0.15, 0.2) is 0 Å². The van der Waals surface area contributed by atoms with Gasteiger partial charge in [-0.3, -0.25) is 0 Å². The molecule has 1 aliphatic heterocycles. The van der Waals surface area contributed by atoms with Crippen LogP contribution in [0.3, 0.4) is 0 Å². The van der Waals surface area contributed by atoms with Crippen LogP contribution < -0.4 is 4.72 Å². The fraction of sp³-hybridized carbons (Fsp3) is 1.00. The molecule has 0 spiro atoms. The van der Waals surface area contributed by atoms with Crippen molar-refractivity contribution in [2.45, 2.75) is 57.3 Å². The molecule has 1 aliphatic rings. The topological polar surface area (TPSA) is 55.4 Å². The lowest BCUT2D eigenvalue weighted by Crippen LogP contribution is -2.31. The molecule has 1 N–H and O–H groups in total. The maximum absolute atomic E-state index is 11.4. The van der Waals surface area contributed by atoms with E-state index in [0.29, 0.717) is 12.6 Å². The first-order valence-electron chi connectivity index (χ1n) is 6.12. The standard InChI is InChI=1S/C11H23NO3S/c1-10(2)16(13,14)12-8-4-3-6-11-7-5-9-15-11/h10-12H,3-9H2,1-2H3. The first kappa shape index (κ1) is 13.9. The van der Waals surface area contributed by atoms with Gasteiger partial charge in [-0.15, -0.1) is 0 Å². The lowest BCUT2D eigenvalue weighted by atomic mass is 10.1. The van der Waals surface area contributed by atoms with E-state index < -0.39 is 10.0 Å². The molecule has 1 rings (SSSR count). The van der Waals surface area contributed by atoms with Gasteiger partial charge >= 0.3 is 0 Å². The summed E-state index contributed by atoms with van der Waals surface area (Å²) in [5.41, 5.74) is 0. The Balaban J connectivity index is 2.03. The van der Waals surface area contributed by atoms with Crippen LogP contribution in [0.5, 0.6) is 0 Å². The van der Waals surface area contributed by atoms with Crippen LogP contribution >= 0.6 is 0 Å². The summed E-state index contributed by atoms with van der Waals surface area (Å²) in [6.45, 7) is 4.82. The monoisotopic (exact) mass is 249 g/mol. The predicted octanol–water partition coefficient (Wildman–Crippen LogP) is 1.66. The van der Waals surface area contributed by atoms with E-state index in [2.05, 4.69) is 4.72 Å². The molecular formula is C11H23NO3S. The minimum absolute atomic E-state index is 0.342. The van der Waals surface area contributed by atoms with E-state index in [1.165, 1.54) is 6.42 Å². The smallest absolute Gasteiger partial charge is 0.213 e. The summed E-state index contributed by atoms with van der Waals surface area (Å²) >= 11 is 0. The van der Waals surface area contributed by atoms with Crippen LogP contribution in [-0.2, 0) is 14.8 Å². The number of ether oxygens (including phenoxy) is 1. The molecule has 0 aliphatic carbocycles. The minimum atomic E-state index is -3.08. The number of hydrogen-bond donors (Lipinski definition) is 1. The first-order chi connectivity index (χ1) is 7.52. The number of sulfonamides is 1. The van der Waals surface area contributed by atoms with Crippen molar-refractivity contribution in [2.75, 3.05) is 13.2 Å². The predicted molar refractivity (Wildman–Crippen MR) is 64.9 cm³/mol. The molecular weight excluding hydrogens is 226 g/mol. The highest BCUT2D eigenvalue weighted by Crippen LogP contribution is 2.17. The van der Waals surface area contributed by atoms with Gasteiger partial charge in [0.2, 0.25) is 10.0 Å². The van der Waals surface area contributed by atoms with Crippen molar-refractivity contribution in [3.63, 3.8) is 0 Å². The molecule has 16 heavy (non-hydrogen) atoms. The molecule has 1 unspecified atom stereocenters. The van der Waals surface area contributed by atoms with Gasteiger partial charge in [-0.25, -0.2) is 13.1 Å². The highest BCUT2D eigenvalue weighted by Gasteiger charge is 2.16. The molecule has 1 atom stereocenters. The normalized spacial score (nSPS) is 21.8. The fourth-order valence-corrected chi connectivity index (χ4v) is 2.51. The first-order valence-corrected chi connectivity index (χ1v) is 7.67. The Labute approximate surface area is 98.8 Å². The quantitative estimate of drug-likeness (QED) is 0.698. The van der Waals surface area contributed by atoms with Crippen molar-refractivity contribution in [2.24, 2.45) is 0 Å². The van der Waals surface area contributed by atoms with E-state index in [1.807, 2.05) is 0 Å². The Hall–Kier alpha value is -0.130. The maximum Gasteiger partial charge on any atom is 0.213 e. The van der Waals surface area contributed by atoms with E-state index in [1.54, 1.807) is 13.8 Å². The number of rotatable bonds is 7. The molecule has 96 valence electrons. The van der Waals surface area contributed by atoms with Gasteiger partial charge in [0, 0.05) is 13.2 Å². The Bertz CT molecular complexity index is 282. The van der Waals surface area contributed by atoms with Crippen LogP contribution in [0.4, 0.5) is 0 Å². The highest BCUT2D eigenvalue weighted by atomic mass is 32.2. The van der Waals surface area contributed by atoms with Crippen molar-refractivity contribution in [1.82, 2.24) is 4.72 Å². The van der Waals surface area contributed by atoms with Gasteiger partial charge in [0.05, 0.1) is 11.4 Å². The third-order valence-corrected chi connectivity index (χ3v) is 4.75. The van der Waals surface area contributed by atoms with Crippen molar-refractivity contribution >= 4 is 10.0 Å². The van der Waals surface area contributed by atoms with Gasteiger partial charge in [0.15, 0.2) is 0 Å². The lowest BCUT2D eigenvalue weighted by molar-refractivity contribution is 0.102. The third-order valence-electron chi connectivity index (χ3n) is 2.90. The zero-order chi connectivity index (χ0) is 12.0. The average Bonchev–Trinajstić information content (AvgIpc) is 2.69. The van der Waals surface area contributed by atoms with Crippen molar-refractivity contribution in [1.29, 1.82) is 0 Å². The van der Waals surface area contributed by atoms with Crippen LogP contribution in [0.25, 0.3) is 0 Å². The summed E-state index contributed by atoms with van der Waals surface area (Å²) in [5, 5.41) is -0.342. The fourth-order valence-electron chi connectivity index (χ4n) is 1.75. The molecule has 1 fully saturated rings. The van der Waals surface area contributed by atoms with Gasteiger partial charge in [0.25, 0.3) is 0 Å². The summed E-state index contributed by atoms with van der Waals surface area (Å²) in [6.07, 6.45) is 5.74. The average molecular weight is 249 g/mol. The van der Waals surface area contributed by atoms with Crippen molar-refractivity contribution in [3.05, 3.63) is 0 Å². The Kier molecular flexibility index (Phi) is 5.72. The zero-order valence-electron chi connectivity index (χ0n) is 10.2. The molecule has 0 bridgehead atoms. The Morgan fingerprint density at radius 2 is 2.12 bits per heavy atom. The summed E-state index contributed by atoms with van der Waals surface area (Å²) in [5.74, 6) is 0. The van der Waals surface area contributed by atoms with Crippen LogP contribution in [-0.4, -0.2) is 32.9 Å². The van der Waals surface area contributed by atoms with E-state index in [-0.39, 0.29) is 5.25 Å². The molecule has 1 saturated heterocycles. The molecule has 0 saturated carbocycles. The summed E-state index contributed by atoms with van der Waals surface area (Å²) in [6, 6.07) is 0. The number of nitrogens with one attached hydrogen (secondary N) is 1. The molecule has 1 heterocycles. The second-order valence-corrected chi connectivity index (χ2v) is 6.94. The second-order valence-electron chi connectivity index (χ2n) is 4.62. The van der Waals surface area contributed by atoms with E-state index >= 15 is 0 Å². The zero-order valence-corrected chi connectivity index (χ0v) is 11.1. The van der Waals surface area contributed by atoms with Gasteiger partial charge < -0.3 is 4.74 Å². The third kappa shape index (κ3) is 4.80. The summed E-state index contributed by atoms with van der Waals surface area (Å²) in [7, 11) is -3.08. The Morgan fingerprint density at radius 1 is 1.38 bits per heavy atom. The molecule has 0 aromatic rings. The van der Waals surface area contributed by atoms with Gasteiger partial charge in [0.1, 0.15) is 0 Å². The lowest BCUT2D eigenvalue weighted by Gasteiger charge is -2.11. The molecule has 5 heteroatoms. The molecule has 0 amide bonds. The van der Waals surface area contributed by atoms with Crippen LogP contribution in [0, 0.1) is 0 Å². The molecule has 0 aromatic heterocycles. The summed E-state index contributed by atoms with van der Waals surface area (Å²) in [4.78, 5) is 0. The summed E-state index contributed by atoms with van der Waals surface area (Å²) < 4.78 is 30.9. The largest absolute Gasteiger partial charge is 0.378 e. The van der Waals surface area contributed by atoms with Gasteiger partial charge in [-0.2, -0.15) is 0 Å². The highest BCUT2D eigenvalue weighted by molar-refractivity contribution is 7.90. The van der Waals surface area contributed by atoms with Crippen molar-refractivity contribution in [3.8, 4) is 0 Å². The molecule has 4 nitrogen and oxygen atoms in total. The van der Waals surface area contributed by atoms with E-state index in [9.17, 15) is 8.42 Å². The van der Waals surface area contributed by atoms with Crippen LogP contribution in [0.1, 0.15) is 46.0 Å². The second kappa shape index (κ2) is 6.57.